The van der Waals surface area contributed by atoms with E-state index in [-0.39, 0.29) is 17.2 Å². The van der Waals surface area contributed by atoms with Crippen LogP contribution in [0.25, 0.3) is 11.1 Å². The van der Waals surface area contributed by atoms with Crippen LogP contribution >= 0.6 is 0 Å². The Balaban J connectivity index is 1.65. The molecule has 3 aromatic carbocycles. The predicted octanol–water partition coefficient (Wildman–Crippen LogP) is 5.71. The summed E-state index contributed by atoms with van der Waals surface area (Å²) in [5.41, 5.74) is 0.201. The molecule has 2 aliphatic carbocycles. The van der Waals surface area contributed by atoms with Crippen molar-refractivity contribution in [3.05, 3.63) is 100 Å². The van der Waals surface area contributed by atoms with Gasteiger partial charge in [0, 0.05) is 0 Å². The summed E-state index contributed by atoms with van der Waals surface area (Å²) in [6, 6.07) is 23.2. The molecule has 8 nitrogen and oxygen atoms in total. The summed E-state index contributed by atoms with van der Waals surface area (Å²) in [5, 5.41) is 12.1. The average Bonchev–Trinajstić information content (AvgIpc) is 3.48. The monoisotopic (exact) mass is 536 g/mol. The maximum Gasteiger partial charge on any atom is 0.297 e. The van der Waals surface area contributed by atoms with E-state index < -0.39 is 45.1 Å². The molecule has 1 heterocycles. The van der Waals surface area contributed by atoms with Gasteiger partial charge in [0.05, 0.1) is 40.8 Å². The number of anilines is 1. The molecule has 0 spiro atoms. The van der Waals surface area contributed by atoms with Gasteiger partial charge >= 0.3 is 0 Å². The number of ketones is 1. The number of nitro benzene ring substituents is 1. The number of methoxy groups -OCH3 is 1. The highest BCUT2D eigenvalue weighted by Gasteiger charge is 2.80. The number of imide groups is 1. The van der Waals surface area contributed by atoms with E-state index in [9.17, 15) is 24.5 Å². The number of fused-ring (bicyclic) bond motifs is 5. The Morgan fingerprint density at radius 2 is 1.27 bits per heavy atom. The molecule has 2 amide bonds. The SMILES string of the molecule is CC[C@]12C(=O)[C@](CC)(C(c3ccccc3)=C1c1ccccc1)[C@H]1C(=O)N(c3ccc(OC)cc3[N+](=O)[O-])C(=O)[C@@H]12. The van der Waals surface area contributed by atoms with Crippen LogP contribution in [0.1, 0.15) is 37.8 Å². The van der Waals surface area contributed by atoms with E-state index >= 15 is 0 Å². The highest BCUT2D eigenvalue weighted by Crippen LogP contribution is 2.75. The average molecular weight is 537 g/mol. The van der Waals surface area contributed by atoms with Gasteiger partial charge in [-0.05, 0) is 47.2 Å². The van der Waals surface area contributed by atoms with Gasteiger partial charge in [-0.25, -0.2) is 4.90 Å². The van der Waals surface area contributed by atoms with Gasteiger partial charge in [0.1, 0.15) is 11.4 Å². The third-order valence-corrected chi connectivity index (χ3v) is 9.18. The highest BCUT2D eigenvalue weighted by atomic mass is 16.6. The second-order valence-corrected chi connectivity index (χ2v) is 10.5. The van der Waals surface area contributed by atoms with Crippen LogP contribution in [0.15, 0.2) is 78.9 Å². The number of allylic oxidation sites excluding steroid dienone is 2. The highest BCUT2D eigenvalue weighted by molar-refractivity contribution is 6.35. The first-order chi connectivity index (χ1) is 19.3. The van der Waals surface area contributed by atoms with Crippen molar-refractivity contribution in [3.8, 4) is 5.75 Å². The minimum absolute atomic E-state index is 0.108. The minimum Gasteiger partial charge on any atom is -0.496 e. The number of carbonyl (C=O) groups excluding carboxylic acids is 3. The normalized spacial score (nSPS) is 27.0. The number of rotatable bonds is 7. The van der Waals surface area contributed by atoms with E-state index in [4.69, 9.17) is 4.74 Å². The van der Waals surface area contributed by atoms with E-state index in [0.717, 1.165) is 27.2 Å². The number of Topliss-reactive ketones (excluding diaryl/α,β-unsaturated/α-hetero) is 1. The lowest BCUT2D eigenvalue weighted by Crippen LogP contribution is -2.42. The third-order valence-electron chi connectivity index (χ3n) is 9.18. The molecule has 0 unspecified atom stereocenters. The molecule has 4 atom stereocenters. The summed E-state index contributed by atoms with van der Waals surface area (Å²) in [4.78, 5) is 55.9. The van der Waals surface area contributed by atoms with Crippen molar-refractivity contribution >= 4 is 40.1 Å². The largest absolute Gasteiger partial charge is 0.496 e. The Bertz CT molecular complexity index is 1530. The van der Waals surface area contributed by atoms with Crippen molar-refractivity contribution in [1.82, 2.24) is 0 Å². The molecule has 202 valence electrons. The third kappa shape index (κ3) is 2.99. The number of nitrogens with zero attached hydrogens (tertiary/aromatic N) is 2. The molecule has 0 aromatic heterocycles. The van der Waals surface area contributed by atoms with Crippen molar-refractivity contribution < 1.29 is 24.0 Å². The molecule has 2 fully saturated rings. The van der Waals surface area contributed by atoms with Gasteiger partial charge in [-0.3, -0.25) is 24.5 Å². The lowest BCUT2D eigenvalue weighted by atomic mass is 9.60. The lowest BCUT2D eigenvalue weighted by Gasteiger charge is -2.38. The van der Waals surface area contributed by atoms with E-state index in [1.165, 1.54) is 25.3 Å². The van der Waals surface area contributed by atoms with E-state index in [2.05, 4.69) is 0 Å². The summed E-state index contributed by atoms with van der Waals surface area (Å²) in [6.07, 6.45) is 0.625. The maximum absolute atomic E-state index is 14.8. The van der Waals surface area contributed by atoms with Gasteiger partial charge < -0.3 is 4.74 Å². The number of hydrogen-bond acceptors (Lipinski definition) is 6. The van der Waals surface area contributed by atoms with E-state index in [1.807, 2.05) is 74.5 Å². The zero-order valence-electron chi connectivity index (χ0n) is 22.4. The van der Waals surface area contributed by atoms with Crippen molar-refractivity contribution in [2.45, 2.75) is 26.7 Å². The summed E-state index contributed by atoms with van der Waals surface area (Å²) in [7, 11) is 1.39. The van der Waals surface area contributed by atoms with Crippen molar-refractivity contribution in [2.24, 2.45) is 22.7 Å². The molecule has 2 bridgehead atoms. The van der Waals surface area contributed by atoms with Crippen LogP contribution < -0.4 is 9.64 Å². The quantitative estimate of drug-likeness (QED) is 0.218. The molecule has 3 aliphatic rings. The molecule has 1 aliphatic heterocycles. The van der Waals surface area contributed by atoms with Gasteiger partial charge in [-0.15, -0.1) is 0 Å². The molecule has 1 saturated carbocycles. The maximum atomic E-state index is 14.8. The first-order valence-corrected chi connectivity index (χ1v) is 13.4. The van der Waals surface area contributed by atoms with Crippen molar-refractivity contribution in [2.75, 3.05) is 12.0 Å². The topological polar surface area (TPSA) is 107 Å². The van der Waals surface area contributed by atoms with Crippen molar-refractivity contribution in [3.63, 3.8) is 0 Å². The van der Waals surface area contributed by atoms with E-state index in [0.29, 0.717) is 12.8 Å². The molecule has 8 heteroatoms. The molecular weight excluding hydrogens is 508 g/mol. The van der Waals surface area contributed by atoms with Crippen LogP contribution in [0.3, 0.4) is 0 Å². The van der Waals surface area contributed by atoms with Crippen LogP contribution in [0.4, 0.5) is 11.4 Å². The molecular formula is C32H28N2O6. The van der Waals surface area contributed by atoms with Crippen LogP contribution in [0, 0.1) is 32.8 Å². The Hall–Kier alpha value is -4.59. The predicted molar refractivity (Wildman–Crippen MR) is 149 cm³/mol. The van der Waals surface area contributed by atoms with Crippen LogP contribution in [-0.4, -0.2) is 29.6 Å². The van der Waals surface area contributed by atoms with Gasteiger partial charge in [-0.1, -0.05) is 74.5 Å². The standard InChI is InChI=1S/C32H28N2O6/c1-4-31-24(19-12-8-6-9-13-19)25(20-14-10-7-11-15-20)32(5-2,30(31)37)27-26(31)28(35)33(29(27)36)22-17-16-21(40-3)18-23(22)34(38)39/h6-18,26-27H,4-5H2,1-3H3/t26-,27-,31-,32+/m1/s1. The molecule has 40 heavy (non-hydrogen) atoms. The summed E-state index contributed by atoms with van der Waals surface area (Å²) in [6.45, 7) is 3.77. The molecule has 1 saturated heterocycles. The molecule has 3 aromatic rings. The Kier molecular flexibility index (Phi) is 5.76. The first-order valence-electron chi connectivity index (χ1n) is 13.4. The van der Waals surface area contributed by atoms with Crippen LogP contribution in [-0.2, 0) is 14.4 Å². The van der Waals surface area contributed by atoms with Gasteiger partial charge in [0.2, 0.25) is 11.8 Å². The zero-order chi connectivity index (χ0) is 28.4. The zero-order valence-corrected chi connectivity index (χ0v) is 22.4. The van der Waals surface area contributed by atoms with Gasteiger partial charge in [-0.2, -0.15) is 0 Å². The van der Waals surface area contributed by atoms with Crippen molar-refractivity contribution in [1.29, 1.82) is 0 Å². The number of amides is 2. The Labute approximate surface area is 231 Å². The number of nitro groups is 1. The fourth-order valence-corrected chi connectivity index (χ4v) is 7.66. The second kappa shape index (κ2) is 8.98. The van der Waals surface area contributed by atoms with Gasteiger partial charge in [0.15, 0.2) is 5.78 Å². The first kappa shape index (κ1) is 25.7. The molecule has 0 N–H and O–H groups in total. The number of hydrogen-bond donors (Lipinski definition) is 0. The smallest absolute Gasteiger partial charge is 0.297 e. The molecule has 6 rings (SSSR count). The summed E-state index contributed by atoms with van der Waals surface area (Å²) in [5.74, 6) is -2.96. The summed E-state index contributed by atoms with van der Waals surface area (Å²) >= 11 is 0. The number of benzene rings is 3. The summed E-state index contributed by atoms with van der Waals surface area (Å²) < 4.78 is 5.16. The fourth-order valence-electron chi connectivity index (χ4n) is 7.66. The van der Waals surface area contributed by atoms with Gasteiger partial charge in [0.25, 0.3) is 5.69 Å². The van der Waals surface area contributed by atoms with Crippen LogP contribution in [0.2, 0.25) is 0 Å². The number of carbonyl (C=O) groups is 3. The van der Waals surface area contributed by atoms with Crippen LogP contribution in [0.5, 0.6) is 5.75 Å². The molecule has 0 radical (unpaired) electrons. The number of ether oxygens (including phenoxy) is 1. The Morgan fingerprint density at radius 3 is 1.68 bits per heavy atom. The fraction of sp³-hybridized carbons (Fsp3) is 0.281. The minimum atomic E-state index is -1.25. The lowest BCUT2D eigenvalue weighted by molar-refractivity contribution is -0.384. The Morgan fingerprint density at radius 1 is 0.800 bits per heavy atom. The second-order valence-electron chi connectivity index (χ2n) is 10.5. The van der Waals surface area contributed by atoms with E-state index in [1.54, 1.807) is 0 Å².